The van der Waals surface area contributed by atoms with Gasteiger partial charge in [-0.1, -0.05) is 0 Å². The number of hydrazine groups is 1. The molecular formula is C9H16FN3O. The summed E-state index contributed by atoms with van der Waals surface area (Å²) in [5.41, 5.74) is 4.59. The van der Waals surface area contributed by atoms with E-state index in [1.54, 1.807) is 0 Å². The molecule has 1 aliphatic carbocycles. The summed E-state index contributed by atoms with van der Waals surface area (Å²) < 4.78 is 11.7. The SMILES string of the molecule is O=C(NNCF)C1CC2CNCC2C1. The quantitative estimate of drug-likeness (QED) is 0.437. The Morgan fingerprint density at radius 3 is 2.57 bits per heavy atom. The Hall–Kier alpha value is -0.680. The smallest absolute Gasteiger partial charge is 0.237 e. The van der Waals surface area contributed by atoms with Gasteiger partial charge in [0.1, 0.15) is 0 Å². The number of alkyl halides is 1. The monoisotopic (exact) mass is 201 g/mol. The van der Waals surface area contributed by atoms with Gasteiger partial charge in [-0.2, -0.15) is 0 Å². The van der Waals surface area contributed by atoms with Gasteiger partial charge in [0.15, 0.2) is 6.80 Å². The third-order valence-electron chi connectivity index (χ3n) is 3.30. The summed E-state index contributed by atoms with van der Waals surface area (Å²) in [5.74, 6) is 1.32. The van der Waals surface area contributed by atoms with Crippen molar-refractivity contribution in [3.8, 4) is 0 Å². The number of halogens is 1. The molecule has 4 nitrogen and oxygen atoms in total. The van der Waals surface area contributed by atoms with Gasteiger partial charge in [0.25, 0.3) is 0 Å². The van der Waals surface area contributed by atoms with Gasteiger partial charge in [0.05, 0.1) is 0 Å². The lowest BCUT2D eigenvalue weighted by atomic mass is 10.0. The minimum Gasteiger partial charge on any atom is -0.316 e. The summed E-state index contributed by atoms with van der Waals surface area (Å²) in [6.45, 7) is 1.35. The van der Waals surface area contributed by atoms with Crippen LogP contribution in [0.3, 0.4) is 0 Å². The number of hydrogen-bond donors (Lipinski definition) is 3. The number of amides is 1. The van der Waals surface area contributed by atoms with Crippen LogP contribution >= 0.6 is 0 Å². The fraction of sp³-hybridized carbons (Fsp3) is 0.889. The van der Waals surface area contributed by atoms with Crippen molar-refractivity contribution in [2.75, 3.05) is 19.9 Å². The zero-order valence-electron chi connectivity index (χ0n) is 8.05. The number of nitrogens with one attached hydrogen (secondary N) is 3. The lowest BCUT2D eigenvalue weighted by molar-refractivity contribution is -0.126. The van der Waals surface area contributed by atoms with E-state index >= 15 is 0 Å². The number of hydrogen-bond acceptors (Lipinski definition) is 3. The average Bonchev–Trinajstić information content (AvgIpc) is 2.72. The van der Waals surface area contributed by atoms with Gasteiger partial charge in [-0.15, -0.1) is 0 Å². The molecule has 2 unspecified atom stereocenters. The molecule has 0 aromatic rings. The van der Waals surface area contributed by atoms with Crippen LogP contribution in [0.4, 0.5) is 4.39 Å². The van der Waals surface area contributed by atoms with Crippen molar-refractivity contribution in [3.05, 3.63) is 0 Å². The molecule has 1 heterocycles. The van der Waals surface area contributed by atoms with Crippen LogP contribution < -0.4 is 16.2 Å². The van der Waals surface area contributed by atoms with Crippen molar-refractivity contribution in [2.45, 2.75) is 12.8 Å². The van der Waals surface area contributed by atoms with Crippen molar-refractivity contribution in [3.63, 3.8) is 0 Å². The lowest BCUT2D eigenvalue weighted by Gasteiger charge is -2.11. The maximum Gasteiger partial charge on any atom is 0.237 e. The largest absolute Gasteiger partial charge is 0.316 e. The average molecular weight is 201 g/mol. The highest BCUT2D eigenvalue weighted by atomic mass is 19.1. The van der Waals surface area contributed by atoms with Gasteiger partial charge in [0, 0.05) is 5.92 Å². The van der Waals surface area contributed by atoms with E-state index < -0.39 is 6.80 Å². The summed E-state index contributed by atoms with van der Waals surface area (Å²) >= 11 is 0. The van der Waals surface area contributed by atoms with Gasteiger partial charge in [-0.25, -0.2) is 9.82 Å². The summed E-state index contributed by atoms with van der Waals surface area (Å²) in [6.07, 6.45) is 1.88. The first kappa shape index (κ1) is 9.86. The van der Waals surface area contributed by atoms with E-state index in [9.17, 15) is 9.18 Å². The minimum absolute atomic E-state index is 0.0583. The standard InChI is InChI=1S/C9H16FN3O/c10-5-12-13-9(14)6-1-7-3-11-4-8(7)2-6/h6-8,11-12H,1-5H2,(H,13,14). The second kappa shape index (κ2) is 4.23. The molecule has 80 valence electrons. The zero-order valence-corrected chi connectivity index (χ0v) is 8.05. The Morgan fingerprint density at radius 1 is 1.36 bits per heavy atom. The van der Waals surface area contributed by atoms with Crippen molar-refractivity contribution in [1.29, 1.82) is 0 Å². The van der Waals surface area contributed by atoms with Crippen LogP contribution in [-0.4, -0.2) is 25.8 Å². The molecule has 0 radical (unpaired) electrons. The Labute approximate surface area is 82.6 Å². The topological polar surface area (TPSA) is 53.2 Å². The van der Waals surface area contributed by atoms with Gasteiger partial charge < -0.3 is 5.32 Å². The third-order valence-corrected chi connectivity index (χ3v) is 3.30. The minimum atomic E-state index is -0.715. The molecular weight excluding hydrogens is 185 g/mol. The summed E-state index contributed by atoms with van der Waals surface area (Å²) in [6, 6.07) is 0. The maximum atomic E-state index is 11.7. The van der Waals surface area contributed by atoms with Crippen LogP contribution in [0.15, 0.2) is 0 Å². The van der Waals surface area contributed by atoms with E-state index in [4.69, 9.17) is 0 Å². The van der Waals surface area contributed by atoms with Crippen molar-refractivity contribution in [1.82, 2.24) is 16.2 Å². The molecule has 1 saturated heterocycles. The molecule has 0 spiro atoms. The molecule has 1 aliphatic heterocycles. The van der Waals surface area contributed by atoms with Crippen molar-refractivity contribution < 1.29 is 9.18 Å². The van der Waals surface area contributed by atoms with Gasteiger partial charge in [-0.05, 0) is 37.8 Å². The molecule has 0 aromatic heterocycles. The van der Waals surface area contributed by atoms with E-state index in [2.05, 4.69) is 16.2 Å². The first-order chi connectivity index (χ1) is 6.81. The van der Waals surface area contributed by atoms with Gasteiger partial charge in [0.2, 0.25) is 5.91 Å². The zero-order chi connectivity index (χ0) is 9.97. The highest BCUT2D eigenvalue weighted by molar-refractivity contribution is 5.78. The molecule has 1 saturated carbocycles. The summed E-state index contributed by atoms with van der Waals surface area (Å²) in [7, 11) is 0. The summed E-state index contributed by atoms with van der Waals surface area (Å²) in [4.78, 5) is 11.5. The van der Waals surface area contributed by atoms with Crippen molar-refractivity contribution >= 4 is 5.91 Å². The Kier molecular flexibility index (Phi) is 2.98. The van der Waals surface area contributed by atoms with Crippen LogP contribution in [0.25, 0.3) is 0 Å². The predicted molar refractivity (Wildman–Crippen MR) is 49.8 cm³/mol. The molecule has 2 rings (SSSR count). The van der Waals surface area contributed by atoms with E-state index in [0.717, 1.165) is 25.9 Å². The lowest BCUT2D eigenvalue weighted by Crippen LogP contribution is -2.40. The molecule has 2 fully saturated rings. The third kappa shape index (κ3) is 1.88. The molecule has 0 aromatic carbocycles. The highest BCUT2D eigenvalue weighted by Gasteiger charge is 2.40. The number of fused-ring (bicyclic) bond motifs is 1. The molecule has 0 bridgehead atoms. The molecule has 2 atom stereocenters. The molecule has 2 aliphatic rings. The van der Waals surface area contributed by atoms with Crippen LogP contribution in [-0.2, 0) is 4.79 Å². The molecule has 5 heteroatoms. The molecule has 1 amide bonds. The van der Waals surface area contributed by atoms with Crippen LogP contribution in [0, 0.1) is 17.8 Å². The van der Waals surface area contributed by atoms with Crippen LogP contribution in [0.1, 0.15) is 12.8 Å². The highest BCUT2D eigenvalue weighted by Crippen LogP contribution is 2.38. The number of carbonyl (C=O) groups excluding carboxylic acids is 1. The maximum absolute atomic E-state index is 11.7. The van der Waals surface area contributed by atoms with Crippen LogP contribution in [0.5, 0.6) is 0 Å². The van der Waals surface area contributed by atoms with E-state index in [1.165, 1.54) is 0 Å². The van der Waals surface area contributed by atoms with Crippen molar-refractivity contribution in [2.24, 2.45) is 17.8 Å². The Balaban J connectivity index is 1.80. The first-order valence-electron chi connectivity index (χ1n) is 5.10. The van der Waals surface area contributed by atoms with E-state index in [-0.39, 0.29) is 11.8 Å². The summed E-state index contributed by atoms with van der Waals surface area (Å²) in [5, 5.41) is 3.32. The number of carbonyl (C=O) groups is 1. The van der Waals surface area contributed by atoms with E-state index in [1.807, 2.05) is 0 Å². The molecule has 14 heavy (non-hydrogen) atoms. The second-order valence-electron chi connectivity index (χ2n) is 4.15. The first-order valence-corrected chi connectivity index (χ1v) is 5.10. The Bertz CT molecular complexity index is 212. The fourth-order valence-electron chi connectivity index (χ4n) is 2.60. The fourth-order valence-corrected chi connectivity index (χ4v) is 2.60. The van der Waals surface area contributed by atoms with Gasteiger partial charge in [-0.3, -0.25) is 10.2 Å². The van der Waals surface area contributed by atoms with Crippen LogP contribution in [0.2, 0.25) is 0 Å². The Morgan fingerprint density at radius 2 is 2.00 bits per heavy atom. The predicted octanol–water partition coefficient (Wildman–Crippen LogP) is -0.220. The van der Waals surface area contributed by atoms with E-state index in [0.29, 0.717) is 11.8 Å². The second-order valence-corrected chi connectivity index (χ2v) is 4.15. The number of rotatable bonds is 3. The van der Waals surface area contributed by atoms with Gasteiger partial charge >= 0.3 is 0 Å². The molecule has 3 N–H and O–H groups in total. The normalized spacial score (nSPS) is 35.6.